The van der Waals surface area contributed by atoms with Gasteiger partial charge in [0, 0.05) is 6.42 Å². The number of rotatable bonds is 6. The summed E-state index contributed by atoms with van der Waals surface area (Å²) in [7, 11) is 0. The van der Waals surface area contributed by atoms with Crippen molar-refractivity contribution in [3.8, 4) is 5.75 Å². The van der Waals surface area contributed by atoms with E-state index in [0.717, 1.165) is 0 Å². The van der Waals surface area contributed by atoms with Gasteiger partial charge < -0.3 is 4.74 Å². The van der Waals surface area contributed by atoms with Crippen LogP contribution in [-0.4, -0.2) is 12.5 Å². The molecule has 0 aliphatic carbocycles. The predicted octanol–water partition coefficient (Wildman–Crippen LogP) is 2.61. The van der Waals surface area contributed by atoms with Gasteiger partial charge in [0.1, 0.15) is 5.75 Å². The molecule has 100 valence electrons. The highest BCUT2D eigenvalue weighted by atomic mass is 35.5. The van der Waals surface area contributed by atoms with Crippen LogP contribution in [0.2, 0.25) is 5.02 Å². The van der Waals surface area contributed by atoms with Crippen molar-refractivity contribution < 1.29 is 9.53 Å². The molecule has 0 bridgehead atoms. The SMILES string of the molecule is CC(C)c1ccc(OCCCC(=O)NN)c(Cl)c1. The summed E-state index contributed by atoms with van der Waals surface area (Å²) in [5, 5.41) is 0.601. The van der Waals surface area contributed by atoms with E-state index in [-0.39, 0.29) is 5.91 Å². The van der Waals surface area contributed by atoms with E-state index in [1.165, 1.54) is 5.56 Å². The summed E-state index contributed by atoms with van der Waals surface area (Å²) < 4.78 is 5.51. The Morgan fingerprint density at radius 1 is 1.50 bits per heavy atom. The topological polar surface area (TPSA) is 64.3 Å². The van der Waals surface area contributed by atoms with E-state index in [1.807, 2.05) is 18.2 Å². The molecular weight excluding hydrogens is 252 g/mol. The smallest absolute Gasteiger partial charge is 0.234 e. The molecule has 1 aromatic carbocycles. The average molecular weight is 271 g/mol. The molecule has 1 rings (SSSR count). The Kier molecular flexibility index (Phi) is 5.95. The minimum absolute atomic E-state index is 0.195. The molecule has 1 amide bonds. The van der Waals surface area contributed by atoms with Crippen LogP contribution in [0.4, 0.5) is 0 Å². The first-order valence-electron chi connectivity index (χ1n) is 5.96. The molecule has 0 atom stereocenters. The van der Waals surface area contributed by atoms with Crippen molar-refractivity contribution in [1.29, 1.82) is 0 Å². The van der Waals surface area contributed by atoms with Gasteiger partial charge in [-0.1, -0.05) is 31.5 Å². The molecule has 1 aromatic rings. The lowest BCUT2D eigenvalue weighted by Crippen LogP contribution is -2.29. The lowest BCUT2D eigenvalue weighted by molar-refractivity contribution is -0.121. The Hall–Kier alpha value is -1.26. The molecular formula is C13H19ClN2O2. The predicted molar refractivity (Wildman–Crippen MR) is 72.6 cm³/mol. The molecule has 0 saturated heterocycles. The van der Waals surface area contributed by atoms with Gasteiger partial charge in [0.15, 0.2) is 0 Å². The van der Waals surface area contributed by atoms with Crippen molar-refractivity contribution in [2.45, 2.75) is 32.6 Å². The number of ether oxygens (including phenoxy) is 1. The Labute approximate surface area is 112 Å². The normalized spacial score (nSPS) is 10.5. The van der Waals surface area contributed by atoms with Crippen LogP contribution < -0.4 is 16.0 Å². The molecule has 0 saturated carbocycles. The fourth-order valence-corrected chi connectivity index (χ4v) is 1.72. The maximum atomic E-state index is 10.9. The Bertz CT molecular complexity index is 408. The largest absolute Gasteiger partial charge is 0.492 e. The minimum Gasteiger partial charge on any atom is -0.492 e. The molecule has 18 heavy (non-hydrogen) atoms. The zero-order valence-electron chi connectivity index (χ0n) is 10.7. The lowest BCUT2D eigenvalue weighted by atomic mass is 10.0. The third-order valence-corrected chi connectivity index (χ3v) is 2.88. The molecule has 3 N–H and O–H groups in total. The van der Waals surface area contributed by atoms with Crippen LogP contribution in [0.1, 0.15) is 38.2 Å². The molecule has 4 nitrogen and oxygen atoms in total. The molecule has 0 fully saturated rings. The standard InChI is InChI=1S/C13H19ClN2O2/c1-9(2)10-5-6-12(11(14)8-10)18-7-3-4-13(17)16-15/h5-6,8-9H,3-4,7,15H2,1-2H3,(H,16,17). The van der Waals surface area contributed by atoms with Crippen molar-refractivity contribution in [1.82, 2.24) is 5.43 Å². The van der Waals surface area contributed by atoms with Gasteiger partial charge in [-0.15, -0.1) is 0 Å². The number of hydrogen-bond donors (Lipinski definition) is 2. The Morgan fingerprint density at radius 2 is 2.22 bits per heavy atom. The van der Waals surface area contributed by atoms with Crippen molar-refractivity contribution in [2.24, 2.45) is 5.84 Å². The number of amides is 1. The third kappa shape index (κ3) is 4.55. The maximum Gasteiger partial charge on any atom is 0.234 e. The van der Waals surface area contributed by atoms with Crippen LogP contribution in [0.3, 0.4) is 0 Å². The van der Waals surface area contributed by atoms with Gasteiger partial charge in [-0.3, -0.25) is 10.2 Å². The molecule has 5 heteroatoms. The molecule has 0 heterocycles. The van der Waals surface area contributed by atoms with Gasteiger partial charge in [-0.25, -0.2) is 5.84 Å². The molecule has 0 aromatic heterocycles. The van der Waals surface area contributed by atoms with Gasteiger partial charge in [0.2, 0.25) is 5.91 Å². The van der Waals surface area contributed by atoms with E-state index < -0.39 is 0 Å². The zero-order valence-corrected chi connectivity index (χ0v) is 11.5. The van der Waals surface area contributed by atoms with Gasteiger partial charge in [-0.2, -0.15) is 0 Å². The average Bonchev–Trinajstić information content (AvgIpc) is 2.35. The lowest BCUT2D eigenvalue weighted by Gasteiger charge is -2.11. The van der Waals surface area contributed by atoms with E-state index in [1.54, 1.807) is 0 Å². The fourth-order valence-electron chi connectivity index (χ4n) is 1.48. The number of carbonyl (C=O) groups is 1. The van der Waals surface area contributed by atoms with Crippen LogP contribution >= 0.6 is 11.6 Å². The highest BCUT2D eigenvalue weighted by molar-refractivity contribution is 6.32. The van der Waals surface area contributed by atoms with Gasteiger partial charge in [-0.05, 0) is 30.0 Å². The molecule has 0 aliphatic rings. The first-order valence-corrected chi connectivity index (χ1v) is 6.34. The number of nitrogens with two attached hydrogens (primary N) is 1. The van der Waals surface area contributed by atoms with Crippen molar-refractivity contribution in [2.75, 3.05) is 6.61 Å². The molecule has 0 unspecified atom stereocenters. The fraction of sp³-hybridized carbons (Fsp3) is 0.462. The van der Waals surface area contributed by atoms with Crippen molar-refractivity contribution in [3.63, 3.8) is 0 Å². The Morgan fingerprint density at radius 3 is 2.78 bits per heavy atom. The molecule has 0 spiro atoms. The minimum atomic E-state index is -0.195. The van der Waals surface area contributed by atoms with Crippen LogP contribution in [-0.2, 0) is 4.79 Å². The third-order valence-electron chi connectivity index (χ3n) is 2.59. The first kappa shape index (κ1) is 14.8. The summed E-state index contributed by atoms with van der Waals surface area (Å²) in [4.78, 5) is 10.9. The summed E-state index contributed by atoms with van der Waals surface area (Å²) >= 11 is 6.12. The Balaban J connectivity index is 2.45. The summed E-state index contributed by atoms with van der Waals surface area (Å²) in [6.07, 6.45) is 0.948. The number of carbonyl (C=O) groups excluding carboxylic acids is 1. The van der Waals surface area contributed by atoms with E-state index >= 15 is 0 Å². The van der Waals surface area contributed by atoms with E-state index in [9.17, 15) is 4.79 Å². The van der Waals surface area contributed by atoms with Gasteiger partial charge in [0.25, 0.3) is 0 Å². The van der Waals surface area contributed by atoms with E-state index in [4.69, 9.17) is 22.2 Å². The van der Waals surface area contributed by atoms with Crippen LogP contribution in [0.15, 0.2) is 18.2 Å². The van der Waals surface area contributed by atoms with Crippen LogP contribution in [0.5, 0.6) is 5.75 Å². The van der Waals surface area contributed by atoms with Gasteiger partial charge >= 0.3 is 0 Å². The highest BCUT2D eigenvalue weighted by Crippen LogP contribution is 2.28. The quantitative estimate of drug-likeness (QED) is 0.361. The monoisotopic (exact) mass is 270 g/mol. The summed E-state index contributed by atoms with van der Waals surface area (Å²) in [6.45, 7) is 4.66. The number of hydrazine groups is 1. The number of hydrogen-bond acceptors (Lipinski definition) is 3. The summed E-state index contributed by atoms with van der Waals surface area (Å²) in [5.74, 6) is 5.86. The number of nitrogens with one attached hydrogen (secondary N) is 1. The molecule has 0 radical (unpaired) electrons. The first-order chi connectivity index (χ1) is 8.54. The molecule has 0 aliphatic heterocycles. The van der Waals surface area contributed by atoms with Crippen molar-refractivity contribution >= 4 is 17.5 Å². The van der Waals surface area contributed by atoms with Gasteiger partial charge in [0.05, 0.1) is 11.6 Å². The summed E-state index contributed by atoms with van der Waals surface area (Å²) in [6, 6.07) is 5.77. The van der Waals surface area contributed by atoms with Crippen LogP contribution in [0.25, 0.3) is 0 Å². The second-order valence-electron chi connectivity index (χ2n) is 4.36. The summed E-state index contributed by atoms with van der Waals surface area (Å²) in [5.41, 5.74) is 3.25. The highest BCUT2D eigenvalue weighted by Gasteiger charge is 2.06. The number of benzene rings is 1. The second-order valence-corrected chi connectivity index (χ2v) is 4.77. The zero-order chi connectivity index (χ0) is 13.5. The number of halogens is 1. The maximum absolute atomic E-state index is 10.9. The van der Waals surface area contributed by atoms with Crippen molar-refractivity contribution in [3.05, 3.63) is 28.8 Å². The van der Waals surface area contributed by atoms with E-state index in [2.05, 4.69) is 19.3 Å². The second kappa shape index (κ2) is 7.24. The van der Waals surface area contributed by atoms with Crippen LogP contribution in [0, 0.1) is 0 Å². The van der Waals surface area contributed by atoms with E-state index in [0.29, 0.717) is 36.1 Å².